The minimum absolute atomic E-state index is 0.145. The first-order valence-electron chi connectivity index (χ1n) is 5.76. The highest BCUT2D eigenvalue weighted by Gasteiger charge is 2.29. The summed E-state index contributed by atoms with van der Waals surface area (Å²) in [6.45, 7) is 4.89. The van der Waals surface area contributed by atoms with Crippen LogP contribution in [0.2, 0.25) is 0 Å². The average Bonchev–Trinajstić information content (AvgIpc) is 2.29. The number of carbonyl (C=O) groups excluding carboxylic acids is 2. The normalized spacial score (nSPS) is 26.1. The predicted molar refractivity (Wildman–Crippen MR) is 61.4 cm³/mol. The lowest BCUT2D eigenvalue weighted by atomic mass is 10.1. The van der Waals surface area contributed by atoms with E-state index in [1.807, 2.05) is 6.92 Å². The number of rotatable bonds is 4. The number of hydrogen-bond donors (Lipinski definition) is 2. The quantitative estimate of drug-likeness (QED) is 0.648. The molecular formula is C11H20N2O4. The van der Waals surface area contributed by atoms with Crippen molar-refractivity contribution >= 4 is 11.9 Å². The van der Waals surface area contributed by atoms with Gasteiger partial charge in [0.05, 0.1) is 26.2 Å². The van der Waals surface area contributed by atoms with Crippen molar-refractivity contribution in [3.8, 4) is 0 Å². The van der Waals surface area contributed by atoms with Gasteiger partial charge in [-0.05, 0) is 13.8 Å². The number of amides is 1. The van der Waals surface area contributed by atoms with E-state index >= 15 is 0 Å². The third-order valence-electron chi connectivity index (χ3n) is 2.69. The van der Waals surface area contributed by atoms with Crippen molar-refractivity contribution in [2.45, 2.75) is 38.5 Å². The number of hydrogen-bond acceptors (Lipinski definition) is 5. The van der Waals surface area contributed by atoms with Crippen LogP contribution in [0.25, 0.3) is 0 Å². The van der Waals surface area contributed by atoms with Crippen molar-refractivity contribution in [2.75, 3.05) is 20.3 Å². The lowest BCUT2D eigenvalue weighted by Crippen LogP contribution is -2.56. The Morgan fingerprint density at radius 2 is 2.29 bits per heavy atom. The first kappa shape index (κ1) is 13.9. The van der Waals surface area contributed by atoms with E-state index in [4.69, 9.17) is 4.74 Å². The Hall–Kier alpha value is -1.14. The zero-order chi connectivity index (χ0) is 12.8. The second kappa shape index (κ2) is 6.56. The Morgan fingerprint density at radius 3 is 2.88 bits per heavy atom. The Morgan fingerprint density at radius 1 is 1.59 bits per heavy atom. The van der Waals surface area contributed by atoms with Crippen LogP contribution < -0.4 is 10.6 Å². The summed E-state index contributed by atoms with van der Waals surface area (Å²) in [6, 6.07) is -0.602. The minimum atomic E-state index is -0.358. The van der Waals surface area contributed by atoms with Crippen LogP contribution in [0.1, 0.15) is 20.3 Å². The van der Waals surface area contributed by atoms with Gasteiger partial charge in [-0.25, -0.2) is 0 Å². The van der Waals surface area contributed by atoms with E-state index in [1.165, 1.54) is 7.11 Å². The highest BCUT2D eigenvalue weighted by atomic mass is 16.5. The van der Waals surface area contributed by atoms with Gasteiger partial charge in [0, 0.05) is 12.6 Å². The standard InChI is InChI=1S/C11H20N2O4/c1-7(6-9(14)16-3)13-11(15)10-8(2)17-5-4-12-10/h7-8,10,12H,4-6H2,1-3H3,(H,13,15)/t7?,8-,10+/m1/s1. The topological polar surface area (TPSA) is 76.7 Å². The van der Waals surface area contributed by atoms with Gasteiger partial charge in [-0.2, -0.15) is 0 Å². The zero-order valence-electron chi connectivity index (χ0n) is 10.5. The van der Waals surface area contributed by atoms with Gasteiger partial charge in [0.15, 0.2) is 0 Å². The van der Waals surface area contributed by atoms with Gasteiger partial charge in [-0.1, -0.05) is 0 Å². The number of methoxy groups -OCH3 is 1. The Bertz CT molecular complexity index is 283. The third-order valence-corrected chi connectivity index (χ3v) is 2.69. The second-order valence-electron chi connectivity index (χ2n) is 4.20. The highest BCUT2D eigenvalue weighted by molar-refractivity contribution is 5.83. The highest BCUT2D eigenvalue weighted by Crippen LogP contribution is 2.05. The maximum absolute atomic E-state index is 11.9. The second-order valence-corrected chi connectivity index (χ2v) is 4.20. The van der Waals surface area contributed by atoms with Gasteiger partial charge in [-0.3, -0.25) is 9.59 Å². The summed E-state index contributed by atoms with van der Waals surface area (Å²) in [5.74, 6) is -0.479. The molecular weight excluding hydrogens is 224 g/mol. The molecule has 1 amide bonds. The first-order valence-corrected chi connectivity index (χ1v) is 5.76. The molecule has 6 nitrogen and oxygen atoms in total. The van der Waals surface area contributed by atoms with Crippen LogP contribution in [0.3, 0.4) is 0 Å². The maximum Gasteiger partial charge on any atom is 0.307 e. The molecule has 3 atom stereocenters. The van der Waals surface area contributed by atoms with Crippen molar-refractivity contribution in [1.82, 2.24) is 10.6 Å². The van der Waals surface area contributed by atoms with E-state index in [2.05, 4.69) is 15.4 Å². The molecule has 0 aromatic carbocycles. The third kappa shape index (κ3) is 4.32. The molecule has 0 bridgehead atoms. The number of ether oxygens (including phenoxy) is 2. The fourth-order valence-electron chi connectivity index (χ4n) is 1.74. The fraction of sp³-hybridized carbons (Fsp3) is 0.818. The Balaban J connectivity index is 2.39. The SMILES string of the molecule is COC(=O)CC(C)NC(=O)[C@H]1NCCO[C@@H]1C. The summed E-state index contributed by atoms with van der Waals surface area (Å²) < 4.78 is 9.92. The lowest BCUT2D eigenvalue weighted by Gasteiger charge is -2.30. The maximum atomic E-state index is 11.9. The molecule has 0 aromatic heterocycles. The lowest BCUT2D eigenvalue weighted by molar-refractivity contribution is -0.141. The number of nitrogens with one attached hydrogen (secondary N) is 2. The molecule has 2 N–H and O–H groups in total. The largest absolute Gasteiger partial charge is 0.469 e. The molecule has 0 aromatic rings. The molecule has 1 rings (SSSR count). The van der Waals surface area contributed by atoms with E-state index in [-0.39, 0.29) is 36.5 Å². The van der Waals surface area contributed by atoms with Crippen LogP contribution in [0, 0.1) is 0 Å². The summed E-state index contributed by atoms with van der Waals surface area (Å²) >= 11 is 0. The monoisotopic (exact) mass is 244 g/mol. The van der Waals surface area contributed by atoms with Gasteiger partial charge >= 0.3 is 5.97 Å². The van der Waals surface area contributed by atoms with Crippen LogP contribution >= 0.6 is 0 Å². The molecule has 1 unspecified atom stereocenters. The molecule has 0 radical (unpaired) electrons. The van der Waals surface area contributed by atoms with Crippen LogP contribution in [0.4, 0.5) is 0 Å². The summed E-state index contributed by atoms with van der Waals surface area (Å²) in [7, 11) is 1.33. The summed E-state index contributed by atoms with van der Waals surface area (Å²) in [4.78, 5) is 22.9. The molecule has 1 fully saturated rings. The molecule has 1 aliphatic rings. The molecule has 1 saturated heterocycles. The summed E-state index contributed by atoms with van der Waals surface area (Å²) in [5, 5.41) is 5.85. The van der Waals surface area contributed by atoms with E-state index in [9.17, 15) is 9.59 Å². The molecule has 6 heteroatoms. The molecule has 17 heavy (non-hydrogen) atoms. The molecule has 98 valence electrons. The van der Waals surface area contributed by atoms with Crippen molar-refractivity contribution in [3.05, 3.63) is 0 Å². The summed E-state index contributed by atoms with van der Waals surface area (Å²) in [6.07, 6.45) is 0.0126. The molecule has 1 aliphatic heterocycles. The van der Waals surface area contributed by atoms with Gasteiger partial charge in [-0.15, -0.1) is 0 Å². The Labute approximate surface area is 101 Å². The van der Waals surface area contributed by atoms with Crippen molar-refractivity contribution in [3.63, 3.8) is 0 Å². The predicted octanol–water partition coefficient (Wildman–Crippen LogP) is -0.569. The number of carbonyl (C=O) groups is 2. The van der Waals surface area contributed by atoms with E-state index in [1.54, 1.807) is 6.92 Å². The van der Waals surface area contributed by atoms with Gasteiger partial charge in [0.1, 0.15) is 6.04 Å². The van der Waals surface area contributed by atoms with Gasteiger partial charge in [0.2, 0.25) is 5.91 Å². The molecule has 0 aliphatic carbocycles. The molecule has 1 heterocycles. The number of morpholine rings is 1. The van der Waals surface area contributed by atoms with E-state index < -0.39 is 0 Å². The number of esters is 1. The van der Waals surface area contributed by atoms with Crippen molar-refractivity contribution < 1.29 is 19.1 Å². The van der Waals surface area contributed by atoms with E-state index in [0.717, 1.165) is 0 Å². The van der Waals surface area contributed by atoms with Crippen molar-refractivity contribution in [1.29, 1.82) is 0 Å². The van der Waals surface area contributed by atoms with Gasteiger partial charge < -0.3 is 20.1 Å². The molecule has 0 saturated carbocycles. The Kier molecular flexibility index (Phi) is 5.37. The van der Waals surface area contributed by atoms with Crippen molar-refractivity contribution in [2.24, 2.45) is 0 Å². The smallest absolute Gasteiger partial charge is 0.307 e. The first-order chi connectivity index (χ1) is 8.04. The molecule has 0 spiro atoms. The van der Waals surface area contributed by atoms with Crippen LogP contribution in [0.15, 0.2) is 0 Å². The van der Waals surface area contributed by atoms with Crippen LogP contribution in [-0.4, -0.2) is 50.3 Å². The van der Waals surface area contributed by atoms with Gasteiger partial charge in [0.25, 0.3) is 0 Å². The zero-order valence-corrected chi connectivity index (χ0v) is 10.5. The van der Waals surface area contributed by atoms with Crippen LogP contribution in [0.5, 0.6) is 0 Å². The van der Waals surface area contributed by atoms with E-state index in [0.29, 0.717) is 13.2 Å². The average molecular weight is 244 g/mol. The van der Waals surface area contributed by atoms with Crippen LogP contribution in [-0.2, 0) is 19.1 Å². The summed E-state index contributed by atoms with van der Waals surface area (Å²) in [5.41, 5.74) is 0. The fourth-order valence-corrected chi connectivity index (χ4v) is 1.74. The minimum Gasteiger partial charge on any atom is -0.469 e.